The molecule has 0 aromatic heterocycles. The number of likely N-dealkylation sites (tertiary alicyclic amines) is 1. The third-order valence-electron chi connectivity index (χ3n) is 5.92. The van der Waals surface area contributed by atoms with Crippen LogP contribution >= 0.6 is 0 Å². The molecule has 2 aliphatic rings. The zero-order chi connectivity index (χ0) is 20.3. The van der Waals surface area contributed by atoms with Crippen LogP contribution in [0.25, 0.3) is 0 Å². The van der Waals surface area contributed by atoms with Gasteiger partial charge in [0.15, 0.2) is 0 Å². The van der Waals surface area contributed by atoms with Gasteiger partial charge in [-0.1, -0.05) is 25.3 Å². The smallest absolute Gasteiger partial charge is 0.251 e. The van der Waals surface area contributed by atoms with Gasteiger partial charge < -0.3 is 10.2 Å². The van der Waals surface area contributed by atoms with Crippen LogP contribution < -0.4 is 5.32 Å². The molecule has 3 rings (SSSR count). The van der Waals surface area contributed by atoms with Gasteiger partial charge in [0.05, 0.1) is 11.4 Å². The molecule has 2 amide bonds. The molecule has 0 bridgehead atoms. The molecule has 1 aromatic rings. The van der Waals surface area contributed by atoms with Crippen molar-refractivity contribution >= 4 is 21.8 Å². The summed E-state index contributed by atoms with van der Waals surface area (Å²) in [4.78, 5) is 26.9. The second kappa shape index (κ2) is 8.61. The molecule has 0 spiro atoms. The molecule has 1 saturated heterocycles. The summed E-state index contributed by atoms with van der Waals surface area (Å²) >= 11 is 0. The quantitative estimate of drug-likeness (QED) is 0.805. The van der Waals surface area contributed by atoms with E-state index in [0.717, 1.165) is 29.7 Å². The average molecular weight is 408 g/mol. The van der Waals surface area contributed by atoms with Gasteiger partial charge in [-0.05, 0) is 42.9 Å². The molecule has 7 nitrogen and oxygen atoms in total. The Balaban J connectivity index is 1.57. The summed E-state index contributed by atoms with van der Waals surface area (Å²) in [5, 5.41) is 2.64. The van der Waals surface area contributed by atoms with Gasteiger partial charge in [-0.15, -0.1) is 0 Å². The normalized spacial score (nSPS) is 22.6. The topological polar surface area (TPSA) is 86.8 Å². The number of hydrogen-bond acceptors (Lipinski definition) is 4. The summed E-state index contributed by atoms with van der Waals surface area (Å²) < 4.78 is 25.6. The Morgan fingerprint density at radius 3 is 2.57 bits per heavy atom. The van der Waals surface area contributed by atoms with E-state index in [4.69, 9.17) is 0 Å². The Hall–Kier alpha value is -1.93. The van der Waals surface area contributed by atoms with Crippen LogP contribution in [0.5, 0.6) is 0 Å². The van der Waals surface area contributed by atoms with E-state index in [2.05, 4.69) is 5.32 Å². The number of piperidine rings is 1. The summed E-state index contributed by atoms with van der Waals surface area (Å²) in [5.74, 6) is 0.815. The Kier molecular flexibility index (Phi) is 6.40. The lowest BCUT2D eigenvalue weighted by Gasteiger charge is -2.41. The summed E-state index contributed by atoms with van der Waals surface area (Å²) in [5.41, 5.74) is 0.224. The minimum Gasteiger partial charge on any atom is -0.343 e. The zero-order valence-corrected chi connectivity index (χ0v) is 17.4. The van der Waals surface area contributed by atoms with Crippen LogP contribution in [0, 0.1) is 11.8 Å². The first-order valence-corrected chi connectivity index (χ1v) is 11.3. The van der Waals surface area contributed by atoms with Crippen LogP contribution in [0.3, 0.4) is 0 Å². The van der Waals surface area contributed by atoms with Gasteiger partial charge in [0.25, 0.3) is 5.91 Å². The van der Waals surface area contributed by atoms with Gasteiger partial charge in [-0.2, -0.15) is 0 Å². The summed E-state index contributed by atoms with van der Waals surface area (Å²) in [6, 6.07) is 5.86. The van der Waals surface area contributed by atoms with Crippen LogP contribution in [0.15, 0.2) is 29.2 Å². The number of carbonyl (C=O) groups excluding carboxylic acids is 2. The number of amides is 2. The predicted molar refractivity (Wildman–Crippen MR) is 106 cm³/mol. The molecule has 2 atom stereocenters. The van der Waals surface area contributed by atoms with Crippen molar-refractivity contribution in [1.82, 2.24) is 14.5 Å². The fourth-order valence-electron chi connectivity index (χ4n) is 4.21. The van der Waals surface area contributed by atoms with Crippen LogP contribution in [0.1, 0.15) is 42.5 Å². The number of fused-ring (bicyclic) bond motifs is 1. The molecule has 1 aromatic carbocycles. The minimum absolute atomic E-state index is 0.0517. The average Bonchev–Trinajstić information content (AvgIpc) is 2.71. The Labute approximate surface area is 167 Å². The largest absolute Gasteiger partial charge is 0.343 e. The standard InChI is InChI=1S/C20H29N3O4S/c1-22(2)28(26,27)18-9-5-8-16(12-18)20(25)21-13-19(24)23-11-10-15-6-3-4-7-17(15)14-23/h5,8-9,12,15,17H,3-4,6-7,10-11,13-14H2,1-2H3,(H,21,25)/t15-,17-/m0/s1. The van der Waals surface area contributed by atoms with Gasteiger partial charge in [-0.3, -0.25) is 9.59 Å². The van der Waals surface area contributed by atoms with Crippen LogP contribution in [-0.2, 0) is 14.8 Å². The highest BCUT2D eigenvalue weighted by atomic mass is 32.2. The molecule has 1 heterocycles. The summed E-state index contributed by atoms with van der Waals surface area (Å²) in [7, 11) is -0.733. The number of sulfonamides is 1. The molecule has 0 unspecified atom stereocenters. The van der Waals surface area contributed by atoms with Crippen LogP contribution in [-0.4, -0.2) is 63.2 Å². The molecular weight excluding hydrogens is 378 g/mol. The van der Waals surface area contributed by atoms with E-state index in [1.807, 2.05) is 4.90 Å². The van der Waals surface area contributed by atoms with E-state index in [9.17, 15) is 18.0 Å². The van der Waals surface area contributed by atoms with Crippen molar-refractivity contribution in [3.63, 3.8) is 0 Å². The predicted octanol–water partition coefficient (Wildman–Crippen LogP) is 1.71. The van der Waals surface area contributed by atoms with Gasteiger partial charge in [0.1, 0.15) is 0 Å². The number of rotatable bonds is 5. The lowest BCUT2D eigenvalue weighted by molar-refractivity contribution is -0.133. The first kappa shape index (κ1) is 20.8. The lowest BCUT2D eigenvalue weighted by Crippen LogP contribution is -2.48. The monoisotopic (exact) mass is 407 g/mol. The van der Waals surface area contributed by atoms with E-state index in [-0.39, 0.29) is 22.9 Å². The first-order chi connectivity index (χ1) is 13.3. The van der Waals surface area contributed by atoms with Gasteiger partial charge >= 0.3 is 0 Å². The number of benzene rings is 1. The van der Waals surface area contributed by atoms with Crippen molar-refractivity contribution in [3.8, 4) is 0 Å². The summed E-state index contributed by atoms with van der Waals surface area (Å²) in [6.07, 6.45) is 6.05. The maximum absolute atomic E-state index is 12.5. The van der Waals surface area contributed by atoms with Gasteiger partial charge in [0.2, 0.25) is 15.9 Å². The second-order valence-electron chi connectivity index (χ2n) is 7.93. The third kappa shape index (κ3) is 4.55. The van der Waals surface area contributed by atoms with E-state index < -0.39 is 15.9 Å². The van der Waals surface area contributed by atoms with Crippen molar-refractivity contribution in [2.75, 3.05) is 33.7 Å². The van der Waals surface area contributed by atoms with E-state index >= 15 is 0 Å². The molecule has 1 saturated carbocycles. The molecule has 1 N–H and O–H groups in total. The first-order valence-electron chi connectivity index (χ1n) is 9.87. The van der Waals surface area contributed by atoms with Gasteiger partial charge in [-0.25, -0.2) is 12.7 Å². The van der Waals surface area contributed by atoms with Gasteiger partial charge in [0, 0.05) is 32.7 Å². The molecule has 28 heavy (non-hydrogen) atoms. The molecule has 0 radical (unpaired) electrons. The van der Waals surface area contributed by atoms with Crippen LogP contribution in [0.4, 0.5) is 0 Å². The maximum atomic E-state index is 12.5. The fourth-order valence-corrected chi connectivity index (χ4v) is 5.15. The lowest BCUT2D eigenvalue weighted by atomic mass is 9.75. The number of nitrogens with one attached hydrogen (secondary N) is 1. The highest BCUT2D eigenvalue weighted by Gasteiger charge is 2.32. The summed E-state index contributed by atoms with van der Waals surface area (Å²) in [6.45, 7) is 1.48. The third-order valence-corrected chi connectivity index (χ3v) is 7.73. The molecule has 1 aliphatic heterocycles. The fraction of sp³-hybridized carbons (Fsp3) is 0.600. The van der Waals surface area contributed by atoms with Crippen molar-refractivity contribution in [3.05, 3.63) is 29.8 Å². The van der Waals surface area contributed by atoms with E-state index in [1.54, 1.807) is 6.07 Å². The number of hydrogen-bond donors (Lipinski definition) is 1. The number of nitrogens with zero attached hydrogens (tertiary/aromatic N) is 2. The SMILES string of the molecule is CN(C)S(=O)(=O)c1cccc(C(=O)NCC(=O)N2CC[C@@H]3CCCC[C@H]3C2)c1. The maximum Gasteiger partial charge on any atom is 0.251 e. The molecule has 1 aliphatic carbocycles. The Bertz CT molecular complexity index is 838. The zero-order valence-electron chi connectivity index (χ0n) is 16.6. The van der Waals surface area contributed by atoms with E-state index in [0.29, 0.717) is 5.92 Å². The van der Waals surface area contributed by atoms with Crippen molar-refractivity contribution in [1.29, 1.82) is 0 Å². The Morgan fingerprint density at radius 2 is 1.86 bits per heavy atom. The minimum atomic E-state index is -3.61. The number of carbonyl (C=O) groups is 2. The highest BCUT2D eigenvalue weighted by molar-refractivity contribution is 7.89. The molecular formula is C20H29N3O4S. The van der Waals surface area contributed by atoms with Crippen LogP contribution in [0.2, 0.25) is 0 Å². The van der Waals surface area contributed by atoms with Crippen molar-refractivity contribution in [2.45, 2.75) is 37.0 Å². The van der Waals surface area contributed by atoms with Crippen molar-refractivity contribution in [2.24, 2.45) is 11.8 Å². The van der Waals surface area contributed by atoms with Crippen molar-refractivity contribution < 1.29 is 18.0 Å². The van der Waals surface area contributed by atoms with E-state index in [1.165, 1.54) is 58.0 Å². The highest BCUT2D eigenvalue weighted by Crippen LogP contribution is 2.35. The molecule has 2 fully saturated rings. The second-order valence-corrected chi connectivity index (χ2v) is 10.1. The molecule has 8 heteroatoms. The molecule has 154 valence electrons. The Morgan fingerprint density at radius 1 is 1.14 bits per heavy atom.